The van der Waals surface area contributed by atoms with Gasteiger partial charge >= 0.3 is 12.1 Å². The van der Waals surface area contributed by atoms with Crippen LogP contribution in [0.15, 0.2) is 48.5 Å². The van der Waals surface area contributed by atoms with Gasteiger partial charge in [-0.05, 0) is 33.8 Å². The fourth-order valence-electron chi connectivity index (χ4n) is 3.35. The number of Topliss-reactive ketones (excluding diaryl/α,β-unsaturated/α-hetero) is 1. The number of benzene rings is 2. The van der Waals surface area contributed by atoms with Crippen LogP contribution in [0.5, 0.6) is 0 Å². The Hall–Kier alpha value is -4.21. The number of carbonyl (C=O) groups is 3. The van der Waals surface area contributed by atoms with E-state index in [1.54, 1.807) is 58.0 Å². The molecule has 34 heavy (non-hydrogen) atoms. The topological polar surface area (TPSA) is 130 Å². The lowest BCUT2D eigenvalue weighted by Crippen LogP contribution is -2.29. The van der Waals surface area contributed by atoms with Crippen molar-refractivity contribution in [3.8, 4) is 0 Å². The standard InChI is InChI=1S/C24H25N3O7/c1-5-33-22(29)21-20(25-14-19(28)15-9-7-6-8-10-15)17-12-11-16(27(31)32)13-18(17)26(21)23(30)34-24(2,3)4/h6-13,25H,5,14H2,1-4H3. The third-order valence-corrected chi connectivity index (χ3v) is 4.73. The second-order valence-corrected chi connectivity index (χ2v) is 8.36. The van der Waals surface area contributed by atoms with Gasteiger partial charge in [0.2, 0.25) is 0 Å². The molecule has 0 saturated heterocycles. The molecule has 0 saturated carbocycles. The van der Waals surface area contributed by atoms with Crippen LogP contribution in [0.25, 0.3) is 10.9 Å². The smallest absolute Gasteiger partial charge is 0.419 e. The first-order chi connectivity index (χ1) is 16.0. The van der Waals surface area contributed by atoms with Crippen LogP contribution in [0, 0.1) is 10.1 Å². The van der Waals surface area contributed by atoms with Gasteiger partial charge < -0.3 is 14.8 Å². The van der Waals surface area contributed by atoms with Gasteiger partial charge in [0.05, 0.1) is 29.3 Å². The lowest BCUT2D eigenvalue weighted by molar-refractivity contribution is -0.384. The summed E-state index contributed by atoms with van der Waals surface area (Å²) in [6.45, 7) is 6.40. The Bertz CT molecular complexity index is 1260. The van der Waals surface area contributed by atoms with Crippen LogP contribution < -0.4 is 5.32 Å². The molecule has 0 fully saturated rings. The van der Waals surface area contributed by atoms with Gasteiger partial charge in [-0.15, -0.1) is 0 Å². The number of nitrogens with one attached hydrogen (secondary N) is 1. The van der Waals surface area contributed by atoms with E-state index in [0.717, 1.165) is 4.57 Å². The van der Waals surface area contributed by atoms with Crippen molar-refractivity contribution in [2.24, 2.45) is 0 Å². The third kappa shape index (κ3) is 5.22. The molecule has 2 aromatic carbocycles. The highest BCUT2D eigenvalue weighted by atomic mass is 16.6. The van der Waals surface area contributed by atoms with Gasteiger partial charge in [0, 0.05) is 23.1 Å². The summed E-state index contributed by atoms with van der Waals surface area (Å²) < 4.78 is 11.6. The summed E-state index contributed by atoms with van der Waals surface area (Å²) in [6.07, 6.45) is -0.913. The number of nitro benzene ring substituents is 1. The number of anilines is 1. The fourth-order valence-corrected chi connectivity index (χ4v) is 3.35. The molecular formula is C24H25N3O7. The molecule has 1 aromatic heterocycles. The molecule has 3 aromatic rings. The number of fused-ring (bicyclic) bond motifs is 1. The minimum Gasteiger partial charge on any atom is -0.461 e. The molecule has 10 heteroatoms. The minimum absolute atomic E-state index is 0.0250. The molecule has 178 valence electrons. The highest BCUT2D eigenvalue weighted by Crippen LogP contribution is 2.35. The van der Waals surface area contributed by atoms with Crippen molar-refractivity contribution in [3.05, 3.63) is 69.9 Å². The van der Waals surface area contributed by atoms with Gasteiger partial charge in [0.1, 0.15) is 5.60 Å². The first-order valence-corrected chi connectivity index (χ1v) is 10.6. The van der Waals surface area contributed by atoms with Gasteiger partial charge in [-0.2, -0.15) is 0 Å². The maximum Gasteiger partial charge on any atom is 0.419 e. The van der Waals surface area contributed by atoms with Crippen LogP contribution in [0.1, 0.15) is 48.5 Å². The molecule has 0 aliphatic heterocycles. The van der Waals surface area contributed by atoms with E-state index in [-0.39, 0.29) is 41.5 Å². The van der Waals surface area contributed by atoms with E-state index in [1.807, 2.05) is 0 Å². The number of nitrogens with zero attached hydrogens (tertiary/aromatic N) is 2. The number of hydrogen-bond donors (Lipinski definition) is 1. The average molecular weight is 467 g/mol. The summed E-state index contributed by atoms with van der Waals surface area (Å²) in [5.41, 5.74) is -0.736. The van der Waals surface area contributed by atoms with Gasteiger partial charge in [-0.25, -0.2) is 14.2 Å². The quantitative estimate of drug-likeness (QED) is 0.227. The van der Waals surface area contributed by atoms with Crippen LogP contribution in [0.2, 0.25) is 0 Å². The summed E-state index contributed by atoms with van der Waals surface area (Å²) in [5, 5.41) is 14.6. The largest absolute Gasteiger partial charge is 0.461 e. The van der Waals surface area contributed by atoms with E-state index in [1.165, 1.54) is 18.2 Å². The predicted octanol–water partition coefficient (Wildman–Crippen LogP) is 4.80. The summed E-state index contributed by atoms with van der Waals surface area (Å²) in [6, 6.07) is 12.4. The molecule has 0 aliphatic rings. The van der Waals surface area contributed by atoms with Crippen LogP contribution in [0.4, 0.5) is 16.2 Å². The molecule has 0 aliphatic carbocycles. The number of nitro groups is 1. The zero-order valence-corrected chi connectivity index (χ0v) is 19.3. The molecule has 1 N–H and O–H groups in total. The maximum absolute atomic E-state index is 13.1. The molecule has 0 unspecified atom stereocenters. The Kier molecular flexibility index (Phi) is 7.00. The summed E-state index contributed by atoms with van der Waals surface area (Å²) in [7, 11) is 0. The monoisotopic (exact) mass is 467 g/mol. The highest BCUT2D eigenvalue weighted by Gasteiger charge is 2.31. The SMILES string of the molecule is CCOC(=O)c1c(NCC(=O)c2ccccc2)c2ccc([N+](=O)[O-])cc2n1C(=O)OC(C)(C)C. The minimum atomic E-state index is -0.913. The first kappa shape index (κ1) is 24.4. The molecule has 0 bridgehead atoms. The predicted molar refractivity (Wildman–Crippen MR) is 125 cm³/mol. The normalized spacial score (nSPS) is 11.2. The van der Waals surface area contributed by atoms with Crippen molar-refractivity contribution in [1.29, 1.82) is 0 Å². The number of ether oxygens (including phenoxy) is 2. The summed E-state index contributed by atoms with van der Waals surface area (Å²) in [4.78, 5) is 49.5. The van der Waals surface area contributed by atoms with Gasteiger partial charge in [0.25, 0.3) is 5.69 Å². The molecule has 0 radical (unpaired) electrons. The Balaban J connectivity index is 2.19. The zero-order chi connectivity index (χ0) is 25.0. The molecule has 10 nitrogen and oxygen atoms in total. The number of non-ortho nitro benzene ring substituents is 1. The van der Waals surface area contributed by atoms with Crippen molar-refractivity contribution in [3.63, 3.8) is 0 Å². The van der Waals surface area contributed by atoms with Crippen LogP contribution in [-0.2, 0) is 9.47 Å². The molecule has 3 rings (SSSR count). The van der Waals surface area contributed by atoms with Crippen LogP contribution in [0.3, 0.4) is 0 Å². The second-order valence-electron chi connectivity index (χ2n) is 8.36. The Morgan fingerprint density at radius 3 is 2.35 bits per heavy atom. The first-order valence-electron chi connectivity index (χ1n) is 10.6. The summed E-state index contributed by atoms with van der Waals surface area (Å²) >= 11 is 0. The van der Waals surface area contributed by atoms with E-state index in [0.29, 0.717) is 10.9 Å². The van der Waals surface area contributed by atoms with Crippen molar-refractivity contribution >= 4 is 40.1 Å². The number of hydrogen-bond acceptors (Lipinski definition) is 8. The molecule has 0 spiro atoms. The Morgan fingerprint density at radius 2 is 1.76 bits per heavy atom. The number of ketones is 1. The van der Waals surface area contributed by atoms with E-state index < -0.39 is 22.6 Å². The van der Waals surface area contributed by atoms with Crippen LogP contribution in [-0.4, -0.2) is 46.1 Å². The zero-order valence-electron chi connectivity index (χ0n) is 19.3. The lowest BCUT2D eigenvalue weighted by atomic mass is 10.1. The van der Waals surface area contributed by atoms with Crippen LogP contribution >= 0.6 is 0 Å². The van der Waals surface area contributed by atoms with Crippen molar-refractivity contribution in [2.45, 2.75) is 33.3 Å². The van der Waals surface area contributed by atoms with Crippen molar-refractivity contribution in [1.82, 2.24) is 4.57 Å². The second kappa shape index (κ2) is 9.74. The average Bonchev–Trinajstić information content (AvgIpc) is 3.10. The van der Waals surface area contributed by atoms with E-state index >= 15 is 0 Å². The third-order valence-electron chi connectivity index (χ3n) is 4.73. The lowest BCUT2D eigenvalue weighted by Gasteiger charge is -2.20. The van der Waals surface area contributed by atoms with Crippen molar-refractivity contribution in [2.75, 3.05) is 18.5 Å². The van der Waals surface area contributed by atoms with Gasteiger partial charge in [0.15, 0.2) is 11.5 Å². The van der Waals surface area contributed by atoms with E-state index in [4.69, 9.17) is 9.47 Å². The number of carbonyl (C=O) groups excluding carboxylic acids is 3. The fraction of sp³-hybridized carbons (Fsp3) is 0.292. The van der Waals surface area contributed by atoms with E-state index in [2.05, 4.69) is 5.32 Å². The maximum atomic E-state index is 13.1. The molecule has 1 heterocycles. The van der Waals surface area contributed by atoms with Gasteiger partial charge in [-0.1, -0.05) is 30.3 Å². The Labute approximate surface area is 195 Å². The van der Waals surface area contributed by atoms with E-state index in [9.17, 15) is 24.5 Å². The van der Waals surface area contributed by atoms with Crippen molar-refractivity contribution < 1.29 is 28.8 Å². The highest BCUT2D eigenvalue weighted by molar-refractivity contribution is 6.12. The Morgan fingerprint density at radius 1 is 1.09 bits per heavy atom. The summed E-state index contributed by atoms with van der Waals surface area (Å²) in [5.74, 6) is -1.10. The van der Waals surface area contributed by atoms with Gasteiger partial charge in [-0.3, -0.25) is 14.9 Å². The number of aromatic nitrogens is 1. The number of esters is 1. The molecule has 0 amide bonds. The molecular weight excluding hydrogens is 442 g/mol. The molecule has 0 atom stereocenters. The number of rotatable bonds is 7.